The van der Waals surface area contributed by atoms with E-state index < -0.39 is 5.54 Å². The first-order chi connectivity index (χ1) is 8.56. The normalized spacial score (nSPS) is 17.7. The van der Waals surface area contributed by atoms with Crippen LogP contribution in [0.25, 0.3) is 0 Å². The molecule has 18 heavy (non-hydrogen) atoms. The van der Waals surface area contributed by atoms with Crippen molar-refractivity contribution in [2.45, 2.75) is 31.2 Å². The molecule has 0 spiro atoms. The maximum Gasteiger partial charge on any atom is 0.252 e. The number of halogens is 2. The Morgan fingerprint density at radius 3 is 2.72 bits per heavy atom. The van der Waals surface area contributed by atoms with Crippen LogP contribution in [0, 0.1) is 3.57 Å². The van der Waals surface area contributed by atoms with Crippen molar-refractivity contribution in [3.63, 3.8) is 0 Å². The number of carbonyl (C=O) groups excluding carboxylic acids is 1. The Balaban J connectivity index is 2.18. The van der Waals surface area contributed by atoms with Gasteiger partial charge >= 0.3 is 0 Å². The van der Waals surface area contributed by atoms with Gasteiger partial charge in [0.25, 0.3) is 5.91 Å². The number of aliphatic hydroxyl groups is 1. The van der Waals surface area contributed by atoms with Crippen LogP contribution in [0.5, 0.6) is 0 Å². The third-order valence-corrected chi connectivity index (χ3v) is 4.59. The van der Waals surface area contributed by atoms with Crippen LogP contribution >= 0.6 is 34.2 Å². The van der Waals surface area contributed by atoms with Gasteiger partial charge in [-0.05, 0) is 53.6 Å². The largest absolute Gasteiger partial charge is 0.394 e. The van der Waals surface area contributed by atoms with Crippen LogP contribution in [0.4, 0.5) is 0 Å². The van der Waals surface area contributed by atoms with Gasteiger partial charge in [-0.2, -0.15) is 0 Å². The molecule has 0 aromatic heterocycles. The third kappa shape index (κ3) is 2.97. The van der Waals surface area contributed by atoms with Crippen molar-refractivity contribution in [1.82, 2.24) is 5.32 Å². The quantitative estimate of drug-likeness (QED) is 0.793. The smallest absolute Gasteiger partial charge is 0.252 e. The van der Waals surface area contributed by atoms with E-state index in [1.165, 1.54) is 0 Å². The number of rotatable bonds is 3. The molecule has 1 aromatic carbocycles. The molecule has 0 radical (unpaired) electrons. The van der Waals surface area contributed by atoms with Crippen LogP contribution in [-0.2, 0) is 0 Å². The molecule has 1 aliphatic rings. The molecule has 3 nitrogen and oxygen atoms in total. The van der Waals surface area contributed by atoms with E-state index in [4.69, 9.17) is 11.6 Å². The predicted octanol–water partition coefficient (Wildman–Crippen LogP) is 2.98. The molecule has 0 unspecified atom stereocenters. The molecule has 5 heteroatoms. The molecule has 0 saturated heterocycles. The van der Waals surface area contributed by atoms with Crippen LogP contribution in [0.3, 0.4) is 0 Å². The van der Waals surface area contributed by atoms with Gasteiger partial charge < -0.3 is 10.4 Å². The van der Waals surface area contributed by atoms with Crippen molar-refractivity contribution >= 4 is 40.1 Å². The highest BCUT2D eigenvalue weighted by Gasteiger charge is 2.35. The summed E-state index contributed by atoms with van der Waals surface area (Å²) in [4.78, 5) is 12.3. The molecule has 2 N–H and O–H groups in total. The highest BCUT2D eigenvalue weighted by Crippen LogP contribution is 2.30. The van der Waals surface area contributed by atoms with Gasteiger partial charge in [-0.1, -0.05) is 24.4 Å². The number of benzene rings is 1. The molecule has 1 aliphatic carbocycles. The zero-order valence-corrected chi connectivity index (χ0v) is 12.8. The minimum atomic E-state index is -0.442. The molecule has 0 atom stereocenters. The van der Waals surface area contributed by atoms with Gasteiger partial charge in [-0.15, -0.1) is 0 Å². The first-order valence-corrected chi connectivity index (χ1v) is 7.40. The van der Waals surface area contributed by atoms with Crippen molar-refractivity contribution in [1.29, 1.82) is 0 Å². The summed E-state index contributed by atoms with van der Waals surface area (Å²) in [6.45, 7) is -0.00408. The second-order valence-electron chi connectivity index (χ2n) is 4.72. The van der Waals surface area contributed by atoms with E-state index >= 15 is 0 Å². The highest BCUT2D eigenvalue weighted by molar-refractivity contribution is 14.1. The Morgan fingerprint density at radius 1 is 1.44 bits per heavy atom. The first kappa shape index (κ1) is 14.1. The maximum atomic E-state index is 12.3. The van der Waals surface area contributed by atoms with Crippen LogP contribution in [-0.4, -0.2) is 23.2 Å². The second kappa shape index (κ2) is 5.75. The summed E-state index contributed by atoms with van der Waals surface area (Å²) in [5, 5.41) is 13.0. The summed E-state index contributed by atoms with van der Waals surface area (Å²) in [5.41, 5.74) is 0.130. The number of aliphatic hydroxyl groups excluding tert-OH is 1. The van der Waals surface area contributed by atoms with E-state index in [9.17, 15) is 9.90 Å². The molecule has 0 heterocycles. The van der Waals surface area contributed by atoms with E-state index in [1.54, 1.807) is 12.1 Å². The molecule has 2 rings (SSSR count). The predicted molar refractivity (Wildman–Crippen MR) is 79.9 cm³/mol. The SMILES string of the molecule is O=C(NC1(CO)CCCC1)c1cc(Cl)ccc1I. The van der Waals surface area contributed by atoms with E-state index in [2.05, 4.69) is 27.9 Å². The molecule has 1 saturated carbocycles. The summed E-state index contributed by atoms with van der Waals surface area (Å²) in [6, 6.07) is 5.24. The zero-order valence-electron chi connectivity index (χ0n) is 9.88. The number of amides is 1. The summed E-state index contributed by atoms with van der Waals surface area (Å²) in [7, 11) is 0. The Labute approximate surface area is 125 Å². The fourth-order valence-corrected chi connectivity index (χ4v) is 3.11. The van der Waals surface area contributed by atoms with E-state index in [-0.39, 0.29) is 12.5 Å². The average molecular weight is 380 g/mol. The lowest BCUT2D eigenvalue weighted by Crippen LogP contribution is -2.49. The Hall–Kier alpha value is -0.330. The Kier molecular flexibility index (Phi) is 4.50. The minimum Gasteiger partial charge on any atom is -0.394 e. The molecule has 1 amide bonds. The molecule has 0 aliphatic heterocycles. The van der Waals surface area contributed by atoms with Crippen LogP contribution in [0.1, 0.15) is 36.0 Å². The average Bonchev–Trinajstić information content (AvgIpc) is 2.81. The molecular weight excluding hydrogens is 365 g/mol. The van der Waals surface area contributed by atoms with Crippen LogP contribution in [0.2, 0.25) is 5.02 Å². The van der Waals surface area contributed by atoms with Gasteiger partial charge in [0.2, 0.25) is 0 Å². The van der Waals surface area contributed by atoms with Crippen LogP contribution in [0.15, 0.2) is 18.2 Å². The van der Waals surface area contributed by atoms with Gasteiger partial charge in [0.15, 0.2) is 0 Å². The standard InChI is InChI=1S/C13H15ClINO2/c14-9-3-4-11(15)10(7-9)12(18)16-13(8-17)5-1-2-6-13/h3-4,7,17H,1-2,5-6,8H2,(H,16,18). The van der Waals surface area contributed by atoms with Crippen molar-refractivity contribution in [3.8, 4) is 0 Å². The fraction of sp³-hybridized carbons (Fsp3) is 0.462. The number of carbonyl (C=O) groups is 1. The van der Waals surface area contributed by atoms with Gasteiger partial charge in [-0.25, -0.2) is 0 Å². The number of hydrogen-bond donors (Lipinski definition) is 2. The zero-order chi connectivity index (χ0) is 13.2. The first-order valence-electron chi connectivity index (χ1n) is 5.95. The lowest BCUT2D eigenvalue weighted by molar-refractivity contribution is 0.0837. The van der Waals surface area contributed by atoms with E-state index in [0.717, 1.165) is 29.3 Å². The van der Waals surface area contributed by atoms with Crippen molar-refractivity contribution in [3.05, 3.63) is 32.4 Å². The summed E-state index contributed by atoms with van der Waals surface area (Å²) >= 11 is 8.03. The third-order valence-electron chi connectivity index (χ3n) is 3.42. The molecule has 1 aromatic rings. The number of hydrogen-bond acceptors (Lipinski definition) is 2. The monoisotopic (exact) mass is 379 g/mol. The van der Waals surface area contributed by atoms with Crippen LogP contribution < -0.4 is 5.32 Å². The highest BCUT2D eigenvalue weighted by atomic mass is 127. The van der Waals surface area contributed by atoms with Gasteiger partial charge in [0, 0.05) is 8.59 Å². The van der Waals surface area contributed by atoms with E-state index in [0.29, 0.717) is 10.6 Å². The van der Waals surface area contributed by atoms with Crippen molar-refractivity contribution < 1.29 is 9.90 Å². The van der Waals surface area contributed by atoms with Gasteiger partial charge in [0.05, 0.1) is 17.7 Å². The lowest BCUT2D eigenvalue weighted by atomic mass is 9.98. The maximum absolute atomic E-state index is 12.3. The number of nitrogens with one attached hydrogen (secondary N) is 1. The topological polar surface area (TPSA) is 49.3 Å². The minimum absolute atomic E-state index is 0.00408. The summed E-state index contributed by atoms with van der Waals surface area (Å²) in [6.07, 6.45) is 3.78. The Morgan fingerprint density at radius 2 is 2.11 bits per heavy atom. The second-order valence-corrected chi connectivity index (χ2v) is 6.32. The fourth-order valence-electron chi connectivity index (χ4n) is 2.35. The van der Waals surface area contributed by atoms with Gasteiger partial charge in [0.1, 0.15) is 0 Å². The molecule has 0 bridgehead atoms. The Bertz CT molecular complexity index is 458. The summed E-state index contributed by atoms with van der Waals surface area (Å²) < 4.78 is 0.862. The molecular formula is C13H15ClINO2. The molecule has 1 fully saturated rings. The molecule has 98 valence electrons. The van der Waals surface area contributed by atoms with E-state index in [1.807, 2.05) is 6.07 Å². The lowest BCUT2D eigenvalue weighted by Gasteiger charge is -2.28. The van der Waals surface area contributed by atoms with Gasteiger partial charge in [-0.3, -0.25) is 4.79 Å². The summed E-state index contributed by atoms with van der Waals surface area (Å²) in [5.74, 6) is -0.155. The van der Waals surface area contributed by atoms with Crippen molar-refractivity contribution in [2.75, 3.05) is 6.61 Å². The van der Waals surface area contributed by atoms with Crippen molar-refractivity contribution in [2.24, 2.45) is 0 Å².